The second-order valence-electron chi connectivity index (χ2n) is 8.42. The number of hydrogen-bond donors (Lipinski definition) is 0. The molecule has 0 bridgehead atoms. The Bertz CT molecular complexity index is 1040. The number of esters is 1. The van der Waals surface area contributed by atoms with Gasteiger partial charge in [-0.1, -0.05) is 6.92 Å². The zero-order chi connectivity index (χ0) is 22.8. The van der Waals surface area contributed by atoms with E-state index in [0.717, 1.165) is 19.3 Å². The van der Waals surface area contributed by atoms with Crippen LogP contribution < -0.4 is 9.64 Å². The smallest absolute Gasteiger partial charge is 0.338 e. The molecule has 1 saturated heterocycles. The molecule has 7 nitrogen and oxygen atoms in total. The van der Waals surface area contributed by atoms with Gasteiger partial charge in [0.15, 0.2) is 12.4 Å². The molecular formula is C25H25NO6. The van der Waals surface area contributed by atoms with Crippen LogP contribution in [-0.2, 0) is 14.3 Å². The number of anilines is 1. The van der Waals surface area contributed by atoms with E-state index in [0.29, 0.717) is 22.9 Å². The van der Waals surface area contributed by atoms with Crippen molar-refractivity contribution in [3.8, 4) is 5.75 Å². The number of carbonyl (C=O) groups excluding carboxylic acids is 4. The number of imide groups is 1. The molecule has 1 saturated carbocycles. The van der Waals surface area contributed by atoms with Crippen molar-refractivity contribution in [3.63, 3.8) is 0 Å². The third-order valence-corrected chi connectivity index (χ3v) is 6.30. The predicted octanol–water partition coefficient (Wildman–Crippen LogP) is 3.66. The number of ketones is 1. The maximum Gasteiger partial charge on any atom is 0.338 e. The van der Waals surface area contributed by atoms with Gasteiger partial charge in [-0.15, -0.1) is 0 Å². The maximum atomic E-state index is 12.8. The molecule has 2 amide bonds. The van der Waals surface area contributed by atoms with Gasteiger partial charge in [0.1, 0.15) is 5.75 Å². The molecule has 32 heavy (non-hydrogen) atoms. The lowest BCUT2D eigenvalue weighted by molar-refractivity contribution is -0.122. The molecular weight excluding hydrogens is 410 g/mol. The first-order chi connectivity index (χ1) is 15.4. The summed E-state index contributed by atoms with van der Waals surface area (Å²) in [6.45, 7) is 1.72. The van der Waals surface area contributed by atoms with E-state index in [2.05, 4.69) is 6.92 Å². The monoisotopic (exact) mass is 435 g/mol. The molecule has 4 rings (SSSR count). The van der Waals surface area contributed by atoms with Crippen LogP contribution in [0.3, 0.4) is 0 Å². The summed E-state index contributed by atoms with van der Waals surface area (Å²) in [5, 5.41) is 0. The van der Waals surface area contributed by atoms with E-state index in [4.69, 9.17) is 9.47 Å². The van der Waals surface area contributed by atoms with E-state index < -0.39 is 12.6 Å². The summed E-state index contributed by atoms with van der Waals surface area (Å²) < 4.78 is 10.2. The quantitative estimate of drug-likeness (QED) is 0.391. The minimum absolute atomic E-state index is 0.160. The molecule has 2 aromatic rings. The average molecular weight is 435 g/mol. The van der Waals surface area contributed by atoms with Crippen molar-refractivity contribution in [2.45, 2.75) is 26.2 Å². The summed E-state index contributed by atoms with van der Waals surface area (Å²) in [6, 6.07) is 12.7. The standard InChI is InChI=1S/C25H25NO6/c1-15-3-12-20-21(13-15)24(29)26(23(20)28)18-8-4-17(5-9-18)25(30)32-14-22(27)16-6-10-19(31-2)11-7-16/h4-11,15,20-21H,3,12-14H2,1-2H3/t15-,20+,21-/m0/s1. The summed E-state index contributed by atoms with van der Waals surface area (Å²) >= 11 is 0. The van der Waals surface area contributed by atoms with Crippen LogP contribution in [0.1, 0.15) is 46.9 Å². The van der Waals surface area contributed by atoms with Gasteiger partial charge in [0.2, 0.25) is 11.8 Å². The Morgan fingerprint density at radius 2 is 1.53 bits per heavy atom. The third kappa shape index (κ3) is 4.15. The normalized spacial score (nSPS) is 22.4. The van der Waals surface area contributed by atoms with Crippen molar-refractivity contribution in [1.29, 1.82) is 0 Å². The Kier molecular flexibility index (Phi) is 6.08. The van der Waals surface area contributed by atoms with E-state index in [1.54, 1.807) is 36.4 Å². The number of nitrogens with zero attached hydrogens (tertiary/aromatic N) is 1. The van der Waals surface area contributed by atoms with Crippen LogP contribution in [-0.4, -0.2) is 37.3 Å². The summed E-state index contributed by atoms with van der Waals surface area (Å²) in [5.74, 6) is -0.734. The first-order valence-corrected chi connectivity index (χ1v) is 10.7. The minimum atomic E-state index is -0.653. The molecule has 0 aromatic heterocycles. The lowest BCUT2D eigenvalue weighted by atomic mass is 9.76. The predicted molar refractivity (Wildman–Crippen MR) is 117 cm³/mol. The molecule has 166 valence electrons. The Hall–Kier alpha value is -3.48. The highest BCUT2D eigenvalue weighted by molar-refractivity contribution is 6.22. The molecule has 1 heterocycles. The van der Waals surface area contributed by atoms with Gasteiger partial charge >= 0.3 is 5.97 Å². The number of carbonyl (C=O) groups is 4. The molecule has 3 atom stereocenters. The number of ether oxygens (including phenoxy) is 2. The second-order valence-corrected chi connectivity index (χ2v) is 8.42. The Morgan fingerprint density at radius 3 is 2.19 bits per heavy atom. The third-order valence-electron chi connectivity index (χ3n) is 6.30. The Labute approximate surface area is 186 Å². The van der Waals surface area contributed by atoms with Gasteiger partial charge in [0, 0.05) is 5.56 Å². The minimum Gasteiger partial charge on any atom is -0.497 e. The fourth-order valence-corrected chi connectivity index (χ4v) is 4.47. The number of hydrogen-bond acceptors (Lipinski definition) is 6. The molecule has 1 aliphatic heterocycles. The number of methoxy groups -OCH3 is 1. The van der Waals surface area contributed by atoms with Crippen molar-refractivity contribution in [2.24, 2.45) is 17.8 Å². The molecule has 0 radical (unpaired) electrons. The zero-order valence-corrected chi connectivity index (χ0v) is 18.1. The Morgan fingerprint density at radius 1 is 0.906 bits per heavy atom. The number of fused-ring (bicyclic) bond motifs is 1. The molecule has 0 spiro atoms. The van der Waals surface area contributed by atoms with Gasteiger partial charge in [-0.2, -0.15) is 0 Å². The number of amides is 2. The van der Waals surface area contributed by atoms with E-state index in [-0.39, 0.29) is 35.0 Å². The van der Waals surface area contributed by atoms with Crippen molar-refractivity contribution < 1.29 is 28.7 Å². The molecule has 1 aliphatic carbocycles. The molecule has 0 N–H and O–H groups in total. The second kappa shape index (κ2) is 8.94. The van der Waals surface area contributed by atoms with Gasteiger partial charge in [0.25, 0.3) is 0 Å². The van der Waals surface area contributed by atoms with E-state index in [9.17, 15) is 19.2 Å². The summed E-state index contributed by atoms with van der Waals surface area (Å²) in [7, 11) is 1.53. The van der Waals surface area contributed by atoms with Gasteiger partial charge in [-0.3, -0.25) is 19.3 Å². The number of rotatable bonds is 6. The fraction of sp³-hybridized carbons (Fsp3) is 0.360. The van der Waals surface area contributed by atoms with Crippen LogP contribution in [0.25, 0.3) is 0 Å². The van der Waals surface area contributed by atoms with Gasteiger partial charge < -0.3 is 9.47 Å². The van der Waals surface area contributed by atoms with Crippen LogP contribution in [0.15, 0.2) is 48.5 Å². The van der Waals surface area contributed by atoms with Crippen LogP contribution in [0.2, 0.25) is 0 Å². The topological polar surface area (TPSA) is 90.0 Å². The zero-order valence-electron chi connectivity index (χ0n) is 18.1. The fourth-order valence-electron chi connectivity index (χ4n) is 4.47. The van der Waals surface area contributed by atoms with Gasteiger partial charge in [-0.05, 0) is 73.7 Å². The molecule has 0 unspecified atom stereocenters. The van der Waals surface area contributed by atoms with Crippen molar-refractivity contribution in [3.05, 3.63) is 59.7 Å². The molecule has 2 fully saturated rings. The van der Waals surface area contributed by atoms with Crippen LogP contribution >= 0.6 is 0 Å². The summed E-state index contributed by atoms with van der Waals surface area (Å²) in [6.07, 6.45) is 2.42. The SMILES string of the molecule is COc1ccc(C(=O)COC(=O)c2ccc(N3C(=O)[C@H]4C[C@@H](C)CC[C@H]4C3=O)cc2)cc1. The van der Waals surface area contributed by atoms with Gasteiger partial charge in [-0.25, -0.2) is 4.79 Å². The highest BCUT2D eigenvalue weighted by atomic mass is 16.5. The summed E-state index contributed by atoms with van der Waals surface area (Å²) in [4.78, 5) is 51.4. The van der Waals surface area contributed by atoms with Crippen LogP contribution in [0, 0.1) is 17.8 Å². The molecule has 2 aliphatic rings. The van der Waals surface area contributed by atoms with Crippen molar-refractivity contribution in [2.75, 3.05) is 18.6 Å². The average Bonchev–Trinajstić information content (AvgIpc) is 3.06. The van der Waals surface area contributed by atoms with Crippen molar-refractivity contribution >= 4 is 29.3 Å². The van der Waals surface area contributed by atoms with E-state index >= 15 is 0 Å². The van der Waals surface area contributed by atoms with E-state index in [1.807, 2.05) is 0 Å². The highest BCUT2D eigenvalue weighted by Gasteiger charge is 2.49. The van der Waals surface area contributed by atoms with Crippen molar-refractivity contribution in [1.82, 2.24) is 0 Å². The summed E-state index contributed by atoms with van der Waals surface area (Å²) in [5.41, 5.74) is 1.10. The molecule has 2 aromatic carbocycles. The van der Waals surface area contributed by atoms with E-state index in [1.165, 1.54) is 24.1 Å². The largest absolute Gasteiger partial charge is 0.497 e. The Balaban J connectivity index is 1.39. The van der Waals surface area contributed by atoms with Crippen LogP contribution in [0.5, 0.6) is 5.75 Å². The lowest BCUT2D eigenvalue weighted by Gasteiger charge is -2.25. The van der Waals surface area contributed by atoms with Crippen LogP contribution in [0.4, 0.5) is 5.69 Å². The first-order valence-electron chi connectivity index (χ1n) is 10.7. The lowest BCUT2D eigenvalue weighted by Crippen LogP contribution is -2.30. The maximum absolute atomic E-state index is 12.8. The number of Topliss-reactive ketones (excluding diaryl/α,β-unsaturated/α-hetero) is 1. The number of benzene rings is 2. The molecule has 7 heteroatoms. The first kappa shape index (κ1) is 21.7. The highest BCUT2D eigenvalue weighted by Crippen LogP contribution is 2.42. The van der Waals surface area contributed by atoms with Gasteiger partial charge in [0.05, 0.1) is 30.2 Å².